The largest absolute Gasteiger partial charge is 0.369 e. The lowest BCUT2D eigenvalue weighted by atomic mass is 10.1. The molecular weight excluding hydrogens is 276 g/mol. The van der Waals surface area contributed by atoms with Crippen LogP contribution in [0.1, 0.15) is 0 Å². The van der Waals surface area contributed by atoms with Crippen LogP contribution in [0, 0.1) is 0 Å². The van der Waals surface area contributed by atoms with E-state index in [-0.39, 0.29) is 17.5 Å². The molecule has 2 heterocycles. The molecule has 0 aromatic heterocycles. The summed E-state index contributed by atoms with van der Waals surface area (Å²) in [4.78, 5) is 27.6. The number of thioether (sulfide) groups is 1. The zero-order chi connectivity index (χ0) is 14.9. The molecule has 2 aliphatic rings. The Bertz CT molecular complexity index is 536. The van der Waals surface area contributed by atoms with Gasteiger partial charge in [-0.3, -0.25) is 9.59 Å². The SMILES string of the molecule is CN(C)C(=O)C1=NN(C)C(=O)/C1=C/C=C1/SCCN1C. The highest BCUT2D eigenvalue weighted by Crippen LogP contribution is 2.26. The van der Waals surface area contributed by atoms with E-state index >= 15 is 0 Å². The summed E-state index contributed by atoms with van der Waals surface area (Å²) in [5.41, 5.74) is 0.546. The molecule has 0 aromatic rings. The van der Waals surface area contributed by atoms with Crippen LogP contribution in [-0.4, -0.2) is 72.8 Å². The van der Waals surface area contributed by atoms with Gasteiger partial charge in [-0.1, -0.05) is 0 Å². The first-order chi connectivity index (χ1) is 9.41. The van der Waals surface area contributed by atoms with Crippen LogP contribution in [0.2, 0.25) is 0 Å². The summed E-state index contributed by atoms with van der Waals surface area (Å²) in [6.07, 6.45) is 3.57. The van der Waals surface area contributed by atoms with E-state index in [4.69, 9.17) is 0 Å². The van der Waals surface area contributed by atoms with Crippen LogP contribution in [0.25, 0.3) is 0 Å². The Morgan fingerprint density at radius 2 is 2.05 bits per heavy atom. The number of hydrogen-bond acceptors (Lipinski definition) is 5. The number of allylic oxidation sites excluding steroid dienone is 2. The Hall–Kier alpha value is -1.76. The number of rotatable bonds is 2. The summed E-state index contributed by atoms with van der Waals surface area (Å²) in [5, 5.41) is 6.32. The Morgan fingerprint density at radius 3 is 2.60 bits per heavy atom. The molecule has 108 valence electrons. The van der Waals surface area contributed by atoms with E-state index in [1.54, 1.807) is 39.0 Å². The second-order valence-electron chi connectivity index (χ2n) is 4.83. The Kier molecular flexibility index (Phi) is 4.17. The van der Waals surface area contributed by atoms with Crippen molar-refractivity contribution in [3.05, 3.63) is 22.8 Å². The fourth-order valence-corrected chi connectivity index (χ4v) is 2.93. The summed E-state index contributed by atoms with van der Waals surface area (Å²) in [5.74, 6) is 0.522. The first-order valence-corrected chi connectivity index (χ1v) is 7.25. The molecule has 7 heteroatoms. The van der Waals surface area contributed by atoms with Crippen LogP contribution >= 0.6 is 11.8 Å². The first kappa shape index (κ1) is 14.6. The van der Waals surface area contributed by atoms with Crippen LogP contribution in [0.4, 0.5) is 0 Å². The number of likely N-dealkylation sites (N-methyl/N-ethyl adjacent to an activating group) is 1. The third kappa shape index (κ3) is 2.72. The fourth-order valence-electron chi connectivity index (χ4n) is 1.88. The summed E-state index contributed by atoms with van der Waals surface area (Å²) < 4.78 is 0. The topological polar surface area (TPSA) is 56.2 Å². The predicted molar refractivity (Wildman–Crippen MR) is 80.2 cm³/mol. The van der Waals surface area contributed by atoms with Crippen molar-refractivity contribution in [3.8, 4) is 0 Å². The lowest BCUT2D eigenvalue weighted by molar-refractivity contribution is -0.124. The minimum atomic E-state index is -0.264. The van der Waals surface area contributed by atoms with Crippen LogP contribution in [0.5, 0.6) is 0 Å². The molecule has 0 atom stereocenters. The summed E-state index contributed by atoms with van der Waals surface area (Å²) >= 11 is 1.73. The monoisotopic (exact) mass is 294 g/mol. The Labute approximate surface area is 122 Å². The average molecular weight is 294 g/mol. The van der Waals surface area contributed by atoms with Gasteiger partial charge in [-0.25, -0.2) is 5.01 Å². The van der Waals surface area contributed by atoms with E-state index in [1.807, 2.05) is 13.1 Å². The van der Waals surface area contributed by atoms with E-state index in [0.29, 0.717) is 5.57 Å². The number of amides is 2. The highest BCUT2D eigenvalue weighted by molar-refractivity contribution is 8.03. The van der Waals surface area contributed by atoms with Crippen molar-refractivity contribution >= 4 is 29.3 Å². The smallest absolute Gasteiger partial charge is 0.276 e. The number of carbonyl (C=O) groups excluding carboxylic acids is 2. The minimum absolute atomic E-state index is 0.199. The van der Waals surface area contributed by atoms with E-state index in [0.717, 1.165) is 17.3 Å². The zero-order valence-corrected chi connectivity index (χ0v) is 12.9. The first-order valence-electron chi connectivity index (χ1n) is 6.26. The molecule has 1 fully saturated rings. The van der Waals surface area contributed by atoms with Crippen molar-refractivity contribution in [2.75, 3.05) is 40.5 Å². The van der Waals surface area contributed by atoms with Crippen LogP contribution in [0.15, 0.2) is 27.9 Å². The van der Waals surface area contributed by atoms with E-state index in [2.05, 4.69) is 10.0 Å². The maximum absolute atomic E-state index is 12.1. The normalized spacial score (nSPS) is 23.0. The molecule has 0 aliphatic carbocycles. The van der Waals surface area contributed by atoms with Crippen molar-refractivity contribution in [3.63, 3.8) is 0 Å². The van der Waals surface area contributed by atoms with Gasteiger partial charge in [0.25, 0.3) is 11.8 Å². The standard InChI is InChI=1S/C13H18N4O2S/c1-15(2)13(19)11-9(12(18)17(4)14-11)5-6-10-16(3)7-8-20-10/h5-6H,7-8H2,1-4H3/b9-5+,10-6+. The molecule has 0 unspecified atom stereocenters. The molecule has 0 radical (unpaired) electrons. The van der Waals surface area contributed by atoms with Crippen LogP contribution in [0.3, 0.4) is 0 Å². The van der Waals surface area contributed by atoms with E-state index in [1.165, 1.54) is 9.91 Å². The summed E-state index contributed by atoms with van der Waals surface area (Å²) in [6.45, 7) is 0.991. The molecule has 6 nitrogen and oxygen atoms in total. The highest BCUT2D eigenvalue weighted by atomic mass is 32.2. The molecule has 0 saturated carbocycles. The van der Waals surface area contributed by atoms with Gasteiger partial charge in [0, 0.05) is 40.5 Å². The predicted octanol–water partition coefficient (Wildman–Crippen LogP) is 0.349. The molecule has 0 aromatic carbocycles. The second-order valence-corrected chi connectivity index (χ2v) is 5.95. The van der Waals surface area contributed by atoms with Gasteiger partial charge in [-0.05, 0) is 12.2 Å². The molecule has 0 spiro atoms. The highest BCUT2D eigenvalue weighted by Gasteiger charge is 2.32. The molecule has 2 rings (SSSR count). The third-order valence-corrected chi connectivity index (χ3v) is 4.21. The van der Waals surface area contributed by atoms with Crippen molar-refractivity contribution in [2.24, 2.45) is 5.10 Å². The lowest BCUT2D eigenvalue weighted by Gasteiger charge is -2.11. The maximum Gasteiger partial charge on any atom is 0.276 e. The number of hydrazone groups is 1. The van der Waals surface area contributed by atoms with Crippen molar-refractivity contribution in [2.45, 2.75) is 0 Å². The Balaban J connectivity index is 2.30. The van der Waals surface area contributed by atoms with Gasteiger partial charge in [0.15, 0.2) is 5.71 Å². The summed E-state index contributed by atoms with van der Waals surface area (Å²) in [6, 6.07) is 0. The Morgan fingerprint density at radius 1 is 1.35 bits per heavy atom. The molecule has 2 aliphatic heterocycles. The quantitative estimate of drug-likeness (QED) is 0.690. The number of carbonyl (C=O) groups is 2. The minimum Gasteiger partial charge on any atom is -0.369 e. The van der Waals surface area contributed by atoms with Crippen LogP contribution in [-0.2, 0) is 9.59 Å². The van der Waals surface area contributed by atoms with E-state index < -0.39 is 0 Å². The van der Waals surface area contributed by atoms with Gasteiger partial charge < -0.3 is 9.80 Å². The summed E-state index contributed by atoms with van der Waals surface area (Å²) in [7, 11) is 6.84. The molecule has 20 heavy (non-hydrogen) atoms. The number of nitrogens with zero attached hydrogens (tertiary/aromatic N) is 4. The average Bonchev–Trinajstić information content (AvgIpc) is 2.92. The van der Waals surface area contributed by atoms with Gasteiger partial charge in [0.05, 0.1) is 10.6 Å². The molecule has 1 saturated heterocycles. The van der Waals surface area contributed by atoms with Crippen molar-refractivity contribution in [1.29, 1.82) is 0 Å². The third-order valence-electron chi connectivity index (χ3n) is 3.08. The maximum atomic E-state index is 12.1. The fraction of sp³-hybridized carbons (Fsp3) is 0.462. The van der Waals surface area contributed by atoms with Crippen LogP contribution < -0.4 is 0 Å². The molecule has 2 amide bonds. The van der Waals surface area contributed by atoms with Gasteiger partial charge in [0.2, 0.25) is 0 Å². The zero-order valence-electron chi connectivity index (χ0n) is 12.1. The van der Waals surface area contributed by atoms with Crippen molar-refractivity contribution in [1.82, 2.24) is 14.8 Å². The van der Waals surface area contributed by atoms with Gasteiger partial charge >= 0.3 is 0 Å². The lowest BCUT2D eigenvalue weighted by Crippen LogP contribution is -2.30. The van der Waals surface area contributed by atoms with Crippen molar-refractivity contribution < 1.29 is 9.59 Å². The van der Waals surface area contributed by atoms with Gasteiger partial charge in [-0.15, -0.1) is 11.8 Å². The van der Waals surface area contributed by atoms with Gasteiger partial charge in [0.1, 0.15) is 0 Å². The van der Waals surface area contributed by atoms with E-state index in [9.17, 15) is 9.59 Å². The molecule has 0 bridgehead atoms. The molecular formula is C13H18N4O2S. The second kappa shape index (κ2) is 5.70. The number of hydrogen-bond donors (Lipinski definition) is 0. The molecule has 0 N–H and O–H groups in total. The van der Waals surface area contributed by atoms with Gasteiger partial charge in [-0.2, -0.15) is 5.10 Å².